The monoisotopic (exact) mass is 208 g/mol. The zero-order valence-electron chi connectivity index (χ0n) is 9.99. The lowest BCUT2D eigenvalue weighted by Gasteiger charge is -2.41. The number of fused-ring (bicyclic) bond motifs is 2. The molecule has 0 aliphatic heterocycles. The Bertz CT molecular complexity index is 308. The van der Waals surface area contributed by atoms with Crippen LogP contribution in [0, 0.1) is 23.2 Å². The molecule has 84 valence electrons. The summed E-state index contributed by atoms with van der Waals surface area (Å²) in [5.74, 6) is 1.73. The molecule has 15 heavy (non-hydrogen) atoms. The van der Waals surface area contributed by atoms with Gasteiger partial charge < -0.3 is 4.74 Å². The second kappa shape index (κ2) is 3.36. The highest BCUT2D eigenvalue weighted by Gasteiger charge is 2.54. The first kappa shape index (κ1) is 10.7. The van der Waals surface area contributed by atoms with E-state index in [1.165, 1.54) is 13.3 Å². The van der Waals surface area contributed by atoms with Crippen molar-refractivity contribution in [3.8, 4) is 0 Å². The van der Waals surface area contributed by atoms with E-state index >= 15 is 0 Å². The molecule has 5 atom stereocenters. The van der Waals surface area contributed by atoms with Crippen molar-refractivity contribution in [1.82, 2.24) is 0 Å². The van der Waals surface area contributed by atoms with E-state index in [-0.39, 0.29) is 17.5 Å². The van der Waals surface area contributed by atoms with Gasteiger partial charge in [-0.2, -0.15) is 0 Å². The highest BCUT2D eigenvalue weighted by molar-refractivity contribution is 5.66. The number of esters is 1. The van der Waals surface area contributed by atoms with Gasteiger partial charge in [-0.15, -0.1) is 0 Å². The molecule has 0 saturated heterocycles. The first-order valence-electron chi connectivity index (χ1n) is 5.81. The van der Waals surface area contributed by atoms with E-state index in [2.05, 4.69) is 26.0 Å². The Balaban J connectivity index is 2.19. The number of rotatable bonds is 2. The molecule has 0 N–H and O–H groups in total. The van der Waals surface area contributed by atoms with Crippen LogP contribution in [0.4, 0.5) is 0 Å². The van der Waals surface area contributed by atoms with Crippen molar-refractivity contribution < 1.29 is 9.53 Å². The summed E-state index contributed by atoms with van der Waals surface area (Å²) in [5, 5.41) is 0. The Morgan fingerprint density at radius 1 is 1.53 bits per heavy atom. The Morgan fingerprint density at radius 2 is 2.20 bits per heavy atom. The van der Waals surface area contributed by atoms with Crippen LogP contribution in [0.1, 0.15) is 34.1 Å². The van der Waals surface area contributed by atoms with E-state index < -0.39 is 0 Å². The minimum absolute atomic E-state index is 0.0185. The quantitative estimate of drug-likeness (QED) is 0.515. The molecule has 2 aliphatic carbocycles. The normalized spacial score (nSPS) is 44.4. The van der Waals surface area contributed by atoms with Gasteiger partial charge in [0.25, 0.3) is 0 Å². The van der Waals surface area contributed by atoms with Gasteiger partial charge in [-0.25, -0.2) is 0 Å². The first-order chi connectivity index (χ1) is 6.96. The fourth-order valence-electron chi connectivity index (χ4n) is 3.41. The standard InChI is InChI=1S/C13H20O2/c1-8-11-5-6-12(7-11)13(8,4)9(2)15-10(3)14/h5-6,8-9,11-12H,7H2,1-4H3. The largest absolute Gasteiger partial charge is 0.462 e. The van der Waals surface area contributed by atoms with E-state index in [0.29, 0.717) is 17.8 Å². The van der Waals surface area contributed by atoms with Crippen molar-refractivity contribution in [2.24, 2.45) is 23.2 Å². The lowest BCUT2D eigenvalue weighted by molar-refractivity contribution is -0.154. The predicted molar refractivity (Wildman–Crippen MR) is 59.2 cm³/mol. The summed E-state index contributed by atoms with van der Waals surface area (Å²) in [6.07, 6.45) is 5.90. The number of hydrogen-bond donors (Lipinski definition) is 0. The summed E-state index contributed by atoms with van der Waals surface area (Å²) in [7, 11) is 0. The van der Waals surface area contributed by atoms with Crippen LogP contribution in [-0.2, 0) is 9.53 Å². The SMILES string of the molecule is CC(=O)OC(C)C1(C)C2C=CC(C2)C1C. The number of ether oxygens (including phenoxy) is 1. The molecule has 1 saturated carbocycles. The van der Waals surface area contributed by atoms with Gasteiger partial charge in [0, 0.05) is 12.3 Å². The molecule has 2 bridgehead atoms. The maximum Gasteiger partial charge on any atom is 0.302 e. The van der Waals surface area contributed by atoms with Gasteiger partial charge in [0.1, 0.15) is 6.10 Å². The molecule has 2 heteroatoms. The summed E-state index contributed by atoms with van der Waals surface area (Å²) < 4.78 is 5.39. The van der Waals surface area contributed by atoms with E-state index in [1.54, 1.807) is 0 Å². The highest BCUT2D eigenvalue weighted by Crippen LogP contribution is 2.58. The van der Waals surface area contributed by atoms with E-state index in [4.69, 9.17) is 4.74 Å². The summed E-state index contributed by atoms with van der Waals surface area (Å²) in [6, 6.07) is 0. The minimum Gasteiger partial charge on any atom is -0.462 e. The number of carbonyl (C=O) groups is 1. The third-order valence-electron chi connectivity index (χ3n) is 4.76. The van der Waals surface area contributed by atoms with Gasteiger partial charge in [0.05, 0.1) is 0 Å². The molecule has 0 aromatic rings. The topological polar surface area (TPSA) is 26.3 Å². The van der Waals surface area contributed by atoms with Gasteiger partial charge in [-0.3, -0.25) is 4.79 Å². The van der Waals surface area contributed by atoms with Crippen LogP contribution in [-0.4, -0.2) is 12.1 Å². The number of hydrogen-bond acceptors (Lipinski definition) is 2. The average molecular weight is 208 g/mol. The minimum atomic E-state index is -0.164. The zero-order valence-corrected chi connectivity index (χ0v) is 9.99. The molecule has 2 rings (SSSR count). The molecule has 0 spiro atoms. The van der Waals surface area contributed by atoms with Crippen molar-refractivity contribution in [1.29, 1.82) is 0 Å². The predicted octanol–water partition coefficient (Wildman–Crippen LogP) is 2.79. The molecule has 2 nitrogen and oxygen atoms in total. The molecule has 0 radical (unpaired) electrons. The van der Waals surface area contributed by atoms with E-state index in [9.17, 15) is 4.79 Å². The molecular formula is C13H20O2. The van der Waals surface area contributed by atoms with Crippen molar-refractivity contribution in [3.05, 3.63) is 12.2 Å². The maximum absolute atomic E-state index is 11.0. The third kappa shape index (κ3) is 1.42. The van der Waals surface area contributed by atoms with Gasteiger partial charge in [-0.1, -0.05) is 26.0 Å². The molecular weight excluding hydrogens is 188 g/mol. The van der Waals surface area contributed by atoms with Crippen LogP contribution >= 0.6 is 0 Å². The Kier molecular flexibility index (Phi) is 2.40. The van der Waals surface area contributed by atoms with Crippen LogP contribution in [0.15, 0.2) is 12.2 Å². The van der Waals surface area contributed by atoms with Crippen molar-refractivity contribution in [2.45, 2.75) is 40.2 Å². The van der Waals surface area contributed by atoms with Crippen molar-refractivity contribution >= 4 is 5.97 Å². The van der Waals surface area contributed by atoms with Crippen LogP contribution < -0.4 is 0 Å². The first-order valence-corrected chi connectivity index (χ1v) is 5.81. The fraction of sp³-hybridized carbons (Fsp3) is 0.769. The molecule has 5 unspecified atom stereocenters. The Hall–Kier alpha value is -0.790. The van der Waals surface area contributed by atoms with Crippen LogP contribution in [0.5, 0.6) is 0 Å². The summed E-state index contributed by atoms with van der Waals surface area (Å²) in [6.45, 7) is 8.08. The lowest BCUT2D eigenvalue weighted by Crippen LogP contribution is -2.42. The molecule has 2 aliphatic rings. The fourth-order valence-corrected chi connectivity index (χ4v) is 3.41. The second-order valence-electron chi connectivity index (χ2n) is 5.30. The third-order valence-corrected chi connectivity index (χ3v) is 4.76. The molecule has 0 amide bonds. The van der Waals surface area contributed by atoms with Crippen LogP contribution in [0.25, 0.3) is 0 Å². The lowest BCUT2D eigenvalue weighted by atomic mass is 9.67. The summed E-state index contributed by atoms with van der Waals surface area (Å²) in [4.78, 5) is 11.0. The maximum atomic E-state index is 11.0. The molecule has 0 heterocycles. The smallest absolute Gasteiger partial charge is 0.302 e. The van der Waals surface area contributed by atoms with Crippen LogP contribution in [0.2, 0.25) is 0 Å². The Labute approximate surface area is 91.7 Å². The molecule has 1 fully saturated rings. The van der Waals surface area contributed by atoms with Crippen molar-refractivity contribution in [3.63, 3.8) is 0 Å². The van der Waals surface area contributed by atoms with Gasteiger partial charge in [0.15, 0.2) is 0 Å². The average Bonchev–Trinajstić information content (AvgIpc) is 2.69. The van der Waals surface area contributed by atoms with Crippen molar-refractivity contribution in [2.75, 3.05) is 0 Å². The number of carbonyl (C=O) groups excluding carboxylic acids is 1. The van der Waals surface area contributed by atoms with E-state index in [1.807, 2.05) is 6.92 Å². The summed E-state index contributed by atoms with van der Waals surface area (Å²) in [5.41, 5.74) is 0.130. The van der Waals surface area contributed by atoms with Gasteiger partial charge in [0.2, 0.25) is 0 Å². The molecule has 0 aromatic carbocycles. The Morgan fingerprint density at radius 3 is 2.67 bits per heavy atom. The number of allylic oxidation sites excluding steroid dienone is 2. The van der Waals surface area contributed by atoms with Gasteiger partial charge >= 0.3 is 5.97 Å². The molecule has 0 aromatic heterocycles. The van der Waals surface area contributed by atoms with Gasteiger partial charge in [-0.05, 0) is 31.1 Å². The van der Waals surface area contributed by atoms with E-state index in [0.717, 1.165) is 0 Å². The van der Waals surface area contributed by atoms with Crippen LogP contribution in [0.3, 0.4) is 0 Å². The second-order valence-corrected chi connectivity index (χ2v) is 5.30. The highest BCUT2D eigenvalue weighted by atomic mass is 16.5. The zero-order chi connectivity index (χ0) is 11.2. The summed E-state index contributed by atoms with van der Waals surface area (Å²) >= 11 is 0.